The molecule has 1 aliphatic rings. The molecule has 0 aromatic rings. The van der Waals surface area contributed by atoms with Gasteiger partial charge in [0, 0.05) is 5.92 Å². The summed E-state index contributed by atoms with van der Waals surface area (Å²) < 4.78 is 0. The van der Waals surface area contributed by atoms with Crippen LogP contribution < -0.4 is 0 Å². The molecular weight excluding hydrogens is 220 g/mol. The van der Waals surface area contributed by atoms with Gasteiger partial charge in [0.2, 0.25) is 0 Å². The van der Waals surface area contributed by atoms with Gasteiger partial charge in [-0.2, -0.15) is 0 Å². The first-order valence-electron chi connectivity index (χ1n) is 6.92. The second kappa shape index (κ2) is 6.63. The van der Waals surface area contributed by atoms with Crippen LogP contribution in [0.5, 0.6) is 0 Å². The lowest BCUT2D eigenvalue weighted by molar-refractivity contribution is 0.408. The molecule has 0 saturated heterocycles. The zero-order valence-corrected chi connectivity index (χ0v) is 12.3. The van der Waals surface area contributed by atoms with Crippen molar-refractivity contribution in [3.05, 3.63) is 47.3 Å². The SMILES string of the molecule is CC/C(=C(C)\C=C/C(C)C)[C@H]1C=C(O)C=CC1C. The summed E-state index contributed by atoms with van der Waals surface area (Å²) in [6.45, 7) is 10.9. The van der Waals surface area contributed by atoms with Crippen molar-refractivity contribution in [1.29, 1.82) is 0 Å². The summed E-state index contributed by atoms with van der Waals surface area (Å²) in [5.41, 5.74) is 2.76. The molecule has 1 N–H and O–H groups in total. The lowest BCUT2D eigenvalue weighted by atomic mass is 9.80. The van der Waals surface area contributed by atoms with Gasteiger partial charge in [-0.3, -0.25) is 0 Å². The van der Waals surface area contributed by atoms with Gasteiger partial charge >= 0.3 is 0 Å². The van der Waals surface area contributed by atoms with E-state index in [1.165, 1.54) is 11.1 Å². The third-order valence-corrected chi connectivity index (χ3v) is 3.51. The number of rotatable bonds is 4. The average Bonchev–Trinajstić information content (AvgIpc) is 2.32. The molecule has 0 heterocycles. The summed E-state index contributed by atoms with van der Waals surface area (Å²) in [6, 6.07) is 0. The number of aliphatic hydroxyl groups is 1. The van der Waals surface area contributed by atoms with Gasteiger partial charge < -0.3 is 5.11 Å². The van der Waals surface area contributed by atoms with Gasteiger partial charge in [-0.15, -0.1) is 0 Å². The molecule has 1 heteroatoms. The van der Waals surface area contributed by atoms with Crippen LogP contribution in [0, 0.1) is 17.8 Å². The molecule has 2 atom stereocenters. The Balaban J connectivity index is 3.02. The molecule has 0 spiro atoms. The molecule has 0 aliphatic heterocycles. The molecule has 100 valence electrons. The molecule has 0 amide bonds. The number of aliphatic hydroxyl groups excluding tert-OH is 1. The van der Waals surface area contributed by atoms with Crippen LogP contribution in [0.3, 0.4) is 0 Å². The zero-order valence-electron chi connectivity index (χ0n) is 12.3. The van der Waals surface area contributed by atoms with Crippen molar-refractivity contribution in [2.24, 2.45) is 17.8 Å². The molecule has 18 heavy (non-hydrogen) atoms. The van der Waals surface area contributed by atoms with E-state index in [4.69, 9.17) is 0 Å². The smallest absolute Gasteiger partial charge is 0.111 e. The van der Waals surface area contributed by atoms with Gasteiger partial charge in [0.15, 0.2) is 0 Å². The van der Waals surface area contributed by atoms with E-state index in [1.54, 1.807) is 6.08 Å². The summed E-state index contributed by atoms with van der Waals surface area (Å²) in [5.74, 6) is 1.76. The molecule has 0 saturated carbocycles. The normalized spacial score (nSPS) is 25.6. The standard InChI is InChI=1S/C17H26O/c1-6-16(13(4)8-7-12(2)3)17-11-15(18)10-9-14(17)5/h7-12,14,17-18H,6H2,1-5H3/b8-7-,16-13+/t14?,17-/m0/s1. The summed E-state index contributed by atoms with van der Waals surface area (Å²) in [7, 11) is 0. The maximum Gasteiger partial charge on any atom is 0.111 e. The second-order valence-corrected chi connectivity index (χ2v) is 5.50. The Kier molecular flexibility index (Phi) is 5.46. The minimum absolute atomic E-state index is 0.330. The van der Waals surface area contributed by atoms with Crippen LogP contribution in [0.4, 0.5) is 0 Å². The van der Waals surface area contributed by atoms with Gasteiger partial charge in [-0.05, 0) is 37.3 Å². The summed E-state index contributed by atoms with van der Waals surface area (Å²) in [4.78, 5) is 0. The lowest BCUT2D eigenvalue weighted by Crippen LogP contribution is -2.14. The topological polar surface area (TPSA) is 20.2 Å². The lowest BCUT2D eigenvalue weighted by Gasteiger charge is -2.25. The van der Waals surface area contributed by atoms with Crippen LogP contribution in [-0.2, 0) is 0 Å². The Morgan fingerprint density at radius 2 is 2.11 bits per heavy atom. The fraction of sp³-hybridized carbons (Fsp3) is 0.529. The van der Waals surface area contributed by atoms with Crippen molar-refractivity contribution >= 4 is 0 Å². The summed E-state index contributed by atoms with van der Waals surface area (Å²) in [6.07, 6.45) is 11.4. The van der Waals surface area contributed by atoms with Crippen LogP contribution in [-0.4, -0.2) is 5.11 Å². The first-order chi connectivity index (χ1) is 8.45. The maximum atomic E-state index is 9.68. The molecule has 1 unspecified atom stereocenters. The third kappa shape index (κ3) is 3.90. The average molecular weight is 246 g/mol. The highest BCUT2D eigenvalue weighted by Crippen LogP contribution is 2.32. The predicted molar refractivity (Wildman–Crippen MR) is 79.5 cm³/mol. The third-order valence-electron chi connectivity index (χ3n) is 3.51. The van der Waals surface area contributed by atoms with E-state index in [9.17, 15) is 5.11 Å². The quantitative estimate of drug-likeness (QED) is 0.677. The minimum Gasteiger partial charge on any atom is -0.508 e. The molecule has 1 aliphatic carbocycles. The Morgan fingerprint density at radius 1 is 1.44 bits per heavy atom. The van der Waals surface area contributed by atoms with Gasteiger partial charge in [0.05, 0.1) is 0 Å². The Hall–Kier alpha value is -1.24. The van der Waals surface area contributed by atoms with Crippen molar-refractivity contribution < 1.29 is 5.11 Å². The monoisotopic (exact) mass is 246 g/mol. The van der Waals surface area contributed by atoms with Crippen molar-refractivity contribution in [3.63, 3.8) is 0 Å². The fourth-order valence-electron chi connectivity index (χ4n) is 2.40. The van der Waals surface area contributed by atoms with Gasteiger partial charge in [-0.25, -0.2) is 0 Å². The second-order valence-electron chi connectivity index (χ2n) is 5.50. The zero-order chi connectivity index (χ0) is 13.7. The molecule has 1 rings (SSSR count). The van der Waals surface area contributed by atoms with E-state index in [-0.39, 0.29) is 0 Å². The fourth-order valence-corrected chi connectivity index (χ4v) is 2.40. The highest BCUT2D eigenvalue weighted by molar-refractivity contribution is 5.33. The highest BCUT2D eigenvalue weighted by Gasteiger charge is 2.21. The molecule has 0 aromatic heterocycles. The molecule has 0 fully saturated rings. The first-order valence-corrected chi connectivity index (χ1v) is 6.92. The van der Waals surface area contributed by atoms with Crippen LogP contribution in [0.15, 0.2) is 47.3 Å². The first kappa shape index (κ1) is 14.8. The number of hydrogen-bond acceptors (Lipinski definition) is 1. The largest absolute Gasteiger partial charge is 0.508 e. The van der Waals surface area contributed by atoms with Gasteiger partial charge in [0.25, 0.3) is 0 Å². The summed E-state index contributed by atoms with van der Waals surface area (Å²) >= 11 is 0. The van der Waals surface area contributed by atoms with E-state index in [0.29, 0.717) is 23.5 Å². The maximum absolute atomic E-state index is 9.68. The highest BCUT2D eigenvalue weighted by atomic mass is 16.3. The van der Waals surface area contributed by atoms with Crippen LogP contribution in [0.1, 0.15) is 41.0 Å². The van der Waals surface area contributed by atoms with E-state index in [1.807, 2.05) is 6.08 Å². The predicted octanol–water partition coefficient (Wildman–Crippen LogP) is 5.19. The minimum atomic E-state index is 0.330. The molecule has 1 nitrogen and oxygen atoms in total. The van der Waals surface area contributed by atoms with Crippen LogP contribution >= 0.6 is 0 Å². The van der Waals surface area contributed by atoms with E-state index < -0.39 is 0 Å². The Bertz CT molecular complexity index is 394. The van der Waals surface area contributed by atoms with E-state index in [2.05, 4.69) is 52.8 Å². The van der Waals surface area contributed by atoms with E-state index >= 15 is 0 Å². The van der Waals surface area contributed by atoms with Crippen molar-refractivity contribution in [1.82, 2.24) is 0 Å². The molecule has 0 bridgehead atoms. The molecule has 0 radical (unpaired) electrons. The Labute approximate surface area is 112 Å². The van der Waals surface area contributed by atoms with Gasteiger partial charge in [-0.1, -0.05) is 57.1 Å². The van der Waals surface area contributed by atoms with Crippen molar-refractivity contribution in [2.45, 2.75) is 41.0 Å². The van der Waals surface area contributed by atoms with Gasteiger partial charge in [0.1, 0.15) is 5.76 Å². The van der Waals surface area contributed by atoms with E-state index in [0.717, 1.165) is 6.42 Å². The van der Waals surface area contributed by atoms with Crippen molar-refractivity contribution in [3.8, 4) is 0 Å². The van der Waals surface area contributed by atoms with Crippen molar-refractivity contribution in [2.75, 3.05) is 0 Å². The molecular formula is C17H26O. The van der Waals surface area contributed by atoms with Crippen LogP contribution in [0.25, 0.3) is 0 Å². The molecule has 0 aromatic carbocycles. The number of allylic oxidation sites excluding steroid dienone is 7. The van der Waals surface area contributed by atoms with Crippen LogP contribution in [0.2, 0.25) is 0 Å². The summed E-state index contributed by atoms with van der Waals surface area (Å²) in [5, 5.41) is 9.68. The Morgan fingerprint density at radius 3 is 2.67 bits per heavy atom. The number of hydrogen-bond donors (Lipinski definition) is 1.